The molecule has 2 aromatic heterocycles. The molecule has 3 heterocycles. The van der Waals surface area contributed by atoms with Gasteiger partial charge in [-0.3, -0.25) is 4.40 Å². The monoisotopic (exact) mass is 467 g/mol. The van der Waals surface area contributed by atoms with Gasteiger partial charge in [0.25, 0.3) is 0 Å². The zero-order valence-electron chi connectivity index (χ0n) is 17.7. The van der Waals surface area contributed by atoms with Crippen LogP contribution >= 0.6 is 36.6 Å². The highest BCUT2D eigenvalue weighted by atomic mass is 35.5. The van der Waals surface area contributed by atoms with E-state index in [4.69, 9.17) is 9.97 Å². The van der Waals surface area contributed by atoms with E-state index >= 15 is 0 Å². The first-order valence-electron chi connectivity index (χ1n) is 10.2. The molecule has 1 unspecified atom stereocenters. The maximum Gasteiger partial charge on any atom is 0.180 e. The molecule has 0 aliphatic carbocycles. The number of benzene rings is 1. The minimum absolute atomic E-state index is 0. The van der Waals surface area contributed by atoms with Crippen LogP contribution in [0.3, 0.4) is 0 Å². The zero-order chi connectivity index (χ0) is 19.5. The number of fused-ring (bicyclic) bond motifs is 1. The molecule has 1 saturated heterocycles. The molecule has 0 saturated carbocycles. The Hall–Kier alpha value is -1.47. The fourth-order valence-corrected chi connectivity index (χ4v) is 4.82. The average molecular weight is 468 g/mol. The van der Waals surface area contributed by atoms with Gasteiger partial charge in [-0.25, -0.2) is 9.97 Å². The summed E-state index contributed by atoms with van der Waals surface area (Å²) in [6.07, 6.45) is 6.62. The third kappa shape index (κ3) is 5.61. The van der Waals surface area contributed by atoms with Crippen molar-refractivity contribution in [3.05, 3.63) is 54.0 Å². The summed E-state index contributed by atoms with van der Waals surface area (Å²) in [5, 5.41) is 8.74. The summed E-state index contributed by atoms with van der Waals surface area (Å²) in [6.45, 7) is 8.77. The van der Waals surface area contributed by atoms with Crippen LogP contribution in [0.5, 0.6) is 0 Å². The Labute approximate surface area is 195 Å². The van der Waals surface area contributed by atoms with Gasteiger partial charge < -0.3 is 10.6 Å². The Balaban J connectivity index is 0.00000160. The van der Waals surface area contributed by atoms with E-state index in [0.29, 0.717) is 11.2 Å². The van der Waals surface area contributed by atoms with E-state index in [1.807, 2.05) is 24.0 Å². The predicted molar refractivity (Wildman–Crippen MR) is 132 cm³/mol. The van der Waals surface area contributed by atoms with Crippen molar-refractivity contribution in [1.82, 2.24) is 19.7 Å². The molecule has 8 heteroatoms. The van der Waals surface area contributed by atoms with Crippen molar-refractivity contribution in [2.45, 2.75) is 55.8 Å². The summed E-state index contributed by atoms with van der Waals surface area (Å²) in [5.74, 6) is 1.27. The number of nitrogens with one attached hydrogen (secondary N) is 2. The second-order valence-electron chi connectivity index (χ2n) is 7.82. The van der Waals surface area contributed by atoms with Crippen molar-refractivity contribution >= 4 is 48.0 Å². The normalized spacial score (nSPS) is 17.3. The van der Waals surface area contributed by atoms with E-state index in [1.165, 1.54) is 24.1 Å². The first-order chi connectivity index (χ1) is 13.6. The molecule has 30 heavy (non-hydrogen) atoms. The first-order valence-corrected chi connectivity index (χ1v) is 11.1. The lowest BCUT2D eigenvalue weighted by Gasteiger charge is -2.22. The van der Waals surface area contributed by atoms with Crippen LogP contribution in [0.25, 0.3) is 5.65 Å². The van der Waals surface area contributed by atoms with Crippen LogP contribution in [-0.4, -0.2) is 32.7 Å². The highest BCUT2D eigenvalue weighted by Crippen LogP contribution is 2.31. The quantitative estimate of drug-likeness (QED) is 0.485. The Bertz CT molecular complexity index is 926. The maximum atomic E-state index is 4.97. The van der Waals surface area contributed by atoms with E-state index in [9.17, 15) is 0 Å². The summed E-state index contributed by atoms with van der Waals surface area (Å²) < 4.78 is 2.22. The van der Waals surface area contributed by atoms with Gasteiger partial charge in [0, 0.05) is 29.9 Å². The number of imidazole rings is 1. The highest BCUT2D eigenvalue weighted by Gasteiger charge is 2.19. The summed E-state index contributed by atoms with van der Waals surface area (Å²) >= 11 is 1.88. The smallest absolute Gasteiger partial charge is 0.180 e. The number of rotatable bonds is 6. The van der Waals surface area contributed by atoms with E-state index in [2.05, 4.69) is 66.3 Å². The summed E-state index contributed by atoms with van der Waals surface area (Å²) in [5.41, 5.74) is 3.36. The van der Waals surface area contributed by atoms with Crippen LogP contribution in [0.2, 0.25) is 0 Å². The topological polar surface area (TPSA) is 54.2 Å². The first kappa shape index (κ1) is 24.8. The van der Waals surface area contributed by atoms with Crippen LogP contribution in [0.15, 0.2) is 47.8 Å². The van der Waals surface area contributed by atoms with Gasteiger partial charge in [-0.1, -0.05) is 44.2 Å². The van der Waals surface area contributed by atoms with Gasteiger partial charge in [0.2, 0.25) is 0 Å². The molecule has 2 atom stereocenters. The molecule has 5 nitrogen and oxygen atoms in total. The van der Waals surface area contributed by atoms with Crippen molar-refractivity contribution < 1.29 is 0 Å². The SMILES string of the molecule is CC(C)c1cnc2c(N[C@@H](C)c3ccccc3)nc(SC3CCCNC3)cn12.Cl.Cl. The fourth-order valence-electron chi connectivity index (χ4n) is 3.69. The fraction of sp³-hybridized carbons (Fsp3) is 0.455. The lowest BCUT2D eigenvalue weighted by Crippen LogP contribution is -2.31. The van der Waals surface area contributed by atoms with Crippen LogP contribution in [0, 0.1) is 0 Å². The minimum atomic E-state index is 0. The molecule has 3 aromatic rings. The standard InChI is InChI=1S/C22H29N5S.2ClH/c1-15(2)19-13-24-22-21(25-16(3)17-8-5-4-6-9-17)26-20(14-27(19)22)28-18-10-7-11-23-12-18;;/h4-6,8-9,13-16,18,23H,7,10-12H2,1-3H3,(H,25,26);2*1H/t16-,18?;;/m0../s1. The van der Waals surface area contributed by atoms with Gasteiger partial charge in [-0.05, 0) is 37.8 Å². The average Bonchev–Trinajstić information content (AvgIpc) is 3.14. The number of nitrogens with zero attached hydrogens (tertiary/aromatic N) is 3. The molecule has 1 aliphatic heterocycles. The molecule has 0 spiro atoms. The van der Waals surface area contributed by atoms with Crippen molar-refractivity contribution in [1.29, 1.82) is 0 Å². The van der Waals surface area contributed by atoms with Gasteiger partial charge in [-0.15, -0.1) is 36.6 Å². The van der Waals surface area contributed by atoms with Crippen LogP contribution in [0.1, 0.15) is 56.8 Å². The van der Waals surface area contributed by atoms with Crippen molar-refractivity contribution in [2.24, 2.45) is 0 Å². The van der Waals surface area contributed by atoms with E-state index in [-0.39, 0.29) is 30.9 Å². The van der Waals surface area contributed by atoms with E-state index in [1.54, 1.807) is 0 Å². The van der Waals surface area contributed by atoms with Crippen molar-refractivity contribution in [2.75, 3.05) is 18.4 Å². The molecule has 1 fully saturated rings. The molecule has 0 bridgehead atoms. The number of piperidine rings is 1. The number of halogens is 2. The molecule has 164 valence electrons. The van der Waals surface area contributed by atoms with Crippen molar-refractivity contribution in [3.63, 3.8) is 0 Å². The summed E-state index contributed by atoms with van der Waals surface area (Å²) in [6, 6.07) is 10.6. The summed E-state index contributed by atoms with van der Waals surface area (Å²) in [7, 11) is 0. The van der Waals surface area contributed by atoms with Gasteiger partial charge in [0.05, 0.1) is 6.04 Å². The number of anilines is 1. The minimum Gasteiger partial charge on any atom is -0.360 e. The van der Waals surface area contributed by atoms with E-state index < -0.39 is 0 Å². The lowest BCUT2D eigenvalue weighted by molar-refractivity contribution is 0.531. The lowest BCUT2D eigenvalue weighted by atomic mass is 10.1. The molecule has 2 N–H and O–H groups in total. The van der Waals surface area contributed by atoms with Crippen molar-refractivity contribution in [3.8, 4) is 0 Å². The highest BCUT2D eigenvalue weighted by molar-refractivity contribution is 7.99. The van der Waals surface area contributed by atoms with Gasteiger partial charge >= 0.3 is 0 Å². The predicted octanol–water partition coefficient (Wildman–Crippen LogP) is 5.71. The van der Waals surface area contributed by atoms with E-state index in [0.717, 1.165) is 29.6 Å². The number of thioether (sulfide) groups is 1. The number of aromatic nitrogens is 3. The van der Waals surface area contributed by atoms with Gasteiger partial charge in [-0.2, -0.15) is 0 Å². The third-order valence-corrected chi connectivity index (χ3v) is 6.46. The Morgan fingerprint density at radius 2 is 1.93 bits per heavy atom. The molecular formula is C22H31Cl2N5S. The largest absolute Gasteiger partial charge is 0.360 e. The zero-order valence-corrected chi connectivity index (χ0v) is 20.1. The third-order valence-electron chi connectivity index (χ3n) is 5.28. The Morgan fingerprint density at radius 3 is 2.60 bits per heavy atom. The second-order valence-corrected chi connectivity index (χ2v) is 9.14. The van der Waals surface area contributed by atoms with Crippen LogP contribution in [-0.2, 0) is 0 Å². The van der Waals surface area contributed by atoms with Gasteiger partial charge in [0.1, 0.15) is 5.03 Å². The Kier molecular flexibility index (Phi) is 9.29. The number of hydrogen-bond acceptors (Lipinski definition) is 5. The second kappa shape index (κ2) is 11.2. The molecule has 0 amide bonds. The molecule has 1 aliphatic rings. The molecular weight excluding hydrogens is 437 g/mol. The van der Waals surface area contributed by atoms with Crippen LogP contribution in [0.4, 0.5) is 5.82 Å². The molecule has 1 aromatic carbocycles. The molecule has 4 rings (SSSR count). The van der Waals surface area contributed by atoms with Crippen LogP contribution < -0.4 is 10.6 Å². The summed E-state index contributed by atoms with van der Waals surface area (Å²) in [4.78, 5) is 9.66. The van der Waals surface area contributed by atoms with Gasteiger partial charge in [0.15, 0.2) is 11.5 Å². The number of hydrogen-bond donors (Lipinski definition) is 2. The maximum absolute atomic E-state index is 4.97. The molecule has 0 radical (unpaired) electrons. The Morgan fingerprint density at radius 1 is 1.17 bits per heavy atom.